The molecule has 33 heavy (non-hydrogen) atoms. The van der Waals surface area contributed by atoms with Crippen LogP contribution in [0.2, 0.25) is 0 Å². The Hall–Kier alpha value is -2.29. The molecule has 8 nitrogen and oxygen atoms in total. The largest absolute Gasteiger partial charge is 0.378 e. The van der Waals surface area contributed by atoms with Crippen LogP contribution in [0.25, 0.3) is 0 Å². The number of nitrogens with zero attached hydrogens (tertiary/aromatic N) is 7. The first-order chi connectivity index (χ1) is 16.2. The van der Waals surface area contributed by atoms with Crippen LogP contribution in [0.15, 0.2) is 24.7 Å². The van der Waals surface area contributed by atoms with Gasteiger partial charge in [0.2, 0.25) is 0 Å². The van der Waals surface area contributed by atoms with Gasteiger partial charge >= 0.3 is 0 Å². The maximum Gasteiger partial charge on any atom is 0.135 e. The summed E-state index contributed by atoms with van der Waals surface area (Å²) < 4.78 is 5.45. The fourth-order valence-electron chi connectivity index (χ4n) is 5.18. The first-order valence-corrected chi connectivity index (χ1v) is 12.5. The molecule has 0 N–H and O–H groups in total. The van der Waals surface area contributed by atoms with Crippen molar-refractivity contribution in [1.29, 1.82) is 0 Å². The molecule has 3 aliphatic heterocycles. The summed E-state index contributed by atoms with van der Waals surface area (Å²) in [5, 5.41) is 0. The van der Waals surface area contributed by atoms with Crippen LogP contribution in [-0.2, 0) is 24.2 Å². The highest BCUT2D eigenvalue weighted by molar-refractivity contribution is 5.50. The first kappa shape index (κ1) is 22.5. The Morgan fingerprint density at radius 3 is 2.48 bits per heavy atom. The van der Waals surface area contributed by atoms with E-state index in [4.69, 9.17) is 14.7 Å². The van der Waals surface area contributed by atoms with Crippen molar-refractivity contribution < 1.29 is 4.74 Å². The van der Waals surface area contributed by atoms with Gasteiger partial charge in [-0.15, -0.1) is 0 Å². The lowest BCUT2D eigenvalue weighted by molar-refractivity contribution is 0.122. The molecule has 0 bridgehead atoms. The van der Waals surface area contributed by atoms with Gasteiger partial charge in [0, 0.05) is 76.7 Å². The quantitative estimate of drug-likeness (QED) is 0.663. The molecular formula is C25H37N7O. The topological polar surface area (TPSA) is 60.9 Å². The Balaban J connectivity index is 1.20. The molecule has 5 rings (SSSR count). The molecule has 0 aromatic carbocycles. The minimum atomic E-state index is 0.664. The third-order valence-corrected chi connectivity index (χ3v) is 7.44. The lowest BCUT2D eigenvalue weighted by atomic mass is 10.0. The Labute approximate surface area is 197 Å². The molecule has 2 fully saturated rings. The maximum atomic E-state index is 5.45. The van der Waals surface area contributed by atoms with Gasteiger partial charge in [0.05, 0.1) is 18.9 Å². The molecule has 0 spiro atoms. The number of ether oxygens (including phenoxy) is 1. The summed E-state index contributed by atoms with van der Waals surface area (Å²) >= 11 is 0. The zero-order valence-electron chi connectivity index (χ0n) is 20.1. The summed E-state index contributed by atoms with van der Waals surface area (Å²) in [4.78, 5) is 24.0. The molecule has 3 aliphatic rings. The molecule has 0 amide bonds. The van der Waals surface area contributed by atoms with E-state index in [0.29, 0.717) is 6.04 Å². The van der Waals surface area contributed by atoms with Gasteiger partial charge < -0.3 is 14.5 Å². The van der Waals surface area contributed by atoms with E-state index in [1.807, 2.05) is 6.20 Å². The van der Waals surface area contributed by atoms with Crippen LogP contribution >= 0.6 is 0 Å². The highest BCUT2D eigenvalue weighted by atomic mass is 16.5. The standard InChI is InChI=1S/C25H37N7O/c1-3-20(2)30-8-10-32(11-9-30)25-22-6-7-29(18-23(22)27-19-28-25)17-21-4-5-24(26-16-21)31-12-14-33-15-13-31/h4-5,16,19-20H,3,6-15,17-18H2,1-2H3. The number of morpholine rings is 1. The van der Waals surface area contributed by atoms with Gasteiger partial charge in [-0.1, -0.05) is 13.0 Å². The highest BCUT2D eigenvalue weighted by Gasteiger charge is 2.27. The van der Waals surface area contributed by atoms with Crippen molar-refractivity contribution in [3.63, 3.8) is 0 Å². The summed E-state index contributed by atoms with van der Waals surface area (Å²) in [7, 11) is 0. The zero-order chi connectivity index (χ0) is 22.6. The molecule has 2 aromatic heterocycles. The van der Waals surface area contributed by atoms with Gasteiger partial charge in [-0.05, 0) is 31.4 Å². The minimum Gasteiger partial charge on any atom is -0.378 e. The molecule has 8 heteroatoms. The van der Waals surface area contributed by atoms with E-state index in [1.165, 1.54) is 29.1 Å². The number of pyridine rings is 1. The second-order valence-electron chi connectivity index (χ2n) is 9.49. The third kappa shape index (κ3) is 5.13. The number of anilines is 2. The van der Waals surface area contributed by atoms with Gasteiger partial charge in [-0.2, -0.15) is 0 Å². The molecule has 178 valence electrons. The molecule has 1 unspecified atom stereocenters. The molecule has 0 aliphatic carbocycles. The summed E-state index contributed by atoms with van der Waals surface area (Å²) in [5.41, 5.74) is 3.80. The van der Waals surface area contributed by atoms with Gasteiger partial charge in [0.25, 0.3) is 0 Å². The van der Waals surface area contributed by atoms with Crippen molar-refractivity contribution >= 4 is 11.6 Å². The smallest absolute Gasteiger partial charge is 0.135 e. The normalized spacial score (nSPS) is 21.2. The lowest BCUT2D eigenvalue weighted by Crippen LogP contribution is -2.50. The predicted molar refractivity (Wildman–Crippen MR) is 131 cm³/mol. The van der Waals surface area contributed by atoms with E-state index in [9.17, 15) is 0 Å². The molecular weight excluding hydrogens is 414 g/mol. The van der Waals surface area contributed by atoms with Crippen LogP contribution in [-0.4, -0.2) is 89.8 Å². The highest BCUT2D eigenvalue weighted by Crippen LogP contribution is 2.27. The van der Waals surface area contributed by atoms with Crippen LogP contribution in [0.3, 0.4) is 0 Å². The summed E-state index contributed by atoms with van der Waals surface area (Å²) in [6.45, 7) is 15.2. The lowest BCUT2D eigenvalue weighted by Gasteiger charge is -2.39. The van der Waals surface area contributed by atoms with Gasteiger partial charge in [-0.25, -0.2) is 15.0 Å². The van der Waals surface area contributed by atoms with Crippen molar-refractivity contribution in [3.8, 4) is 0 Å². The van der Waals surface area contributed by atoms with Crippen molar-refractivity contribution in [2.75, 3.05) is 68.8 Å². The average molecular weight is 452 g/mol. The predicted octanol–water partition coefficient (Wildman–Crippen LogP) is 2.19. The van der Waals surface area contributed by atoms with Crippen LogP contribution < -0.4 is 9.80 Å². The average Bonchev–Trinajstić information content (AvgIpc) is 2.89. The van der Waals surface area contributed by atoms with E-state index in [-0.39, 0.29) is 0 Å². The van der Waals surface area contributed by atoms with Gasteiger partial charge in [-0.3, -0.25) is 9.80 Å². The summed E-state index contributed by atoms with van der Waals surface area (Å²) in [5.74, 6) is 2.22. The van der Waals surface area contributed by atoms with Gasteiger partial charge in [0.1, 0.15) is 18.0 Å². The number of aromatic nitrogens is 3. The number of fused-ring (bicyclic) bond motifs is 1. The Morgan fingerprint density at radius 2 is 1.76 bits per heavy atom. The van der Waals surface area contributed by atoms with Crippen molar-refractivity contribution in [1.82, 2.24) is 24.8 Å². The number of rotatable bonds is 6. The number of hydrogen-bond donors (Lipinski definition) is 0. The Kier molecular flexibility index (Phi) is 7.04. The molecule has 5 heterocycles. The zero-order valence-corrected chi connectivity index (χ0v) is 20.1. The van der Waals surface area contributed by atoms with Crippen molar-refractivity contribution in [2.24, 2.45) is 0 Å². The summed E-state index contributed by atoms with van der Waals surface area (Å²) in [6, 6.07) is 5.03. The molecule has 2 saturated heterocycles. The monoisotopic (exact) mass is 451 g/mol. The van der Waals surface area contributed by atoms with Crippen molar-refractivity contribution in [3.05, 3.63) is 41.5 Å². The second-order valence-corrected chi connectivity index (χ2v) is 9.49. The molecule has 1 atom stereocenters. The van der Waals surface area contributed by atoms with E-state index in [1.54, 1.807) is 6.33 Å². The minimum absolute atomic E-state index is 0.664. The van der Waals surface area contributed by atoms with E-state index in [2.05, 4.69) is 50.6 Å². The van der Waals surface area contributed by atoms with Crippen LogP contribution in [0.4, 0.5) is 11.6 Å². The Morgan fingerprint density at radius 1 is 0.939 bits per heavy atom. The van der Waals surface area contributed by atoms with E-state index >= 15 is 0 Å². The van der Waals surface area contributed by atoms with Crippen LogP contribution in [0.5, 0.6) is 0 Å². The fourth-order valence-corrected chi connectivity index (χ4v) is 5.18. The van der Waals surface area contributed by atoms with E-state index < -0.39 is 0 Å². The molecule has 0 saturated carbocycles. The SMILES string of the molecule is CCC(C)N1CCN(c2ncnc3c2CCN(Cc2ccc(N4CCOCC4)nc2)C3)CC1. The number of hydrogen-bond acceptors (Lipinski definition) is 8. The fraction of sp³-hybridized carbons (Fsp3) is 0.640. The van der Waals surface area contributed by atoms with Crippen LogP contribution in [0.1, 0.15) is 37.1 Å². The maximum absolute atomic E-state index is 5.45. The summed E-state index contributed by atoms with van der Waals surface area (Å²) in [6.07, 6.45) is 6.01. The van der Waals surface area contributed by atoms with Crippen LogP contribution in [0, 0.1) is 0 Å². The van der Waals surface area contributed by atoms with Gasteiger partial charge in [0.15, 0.2) is 0 Å². The Bertz CT molecular complexity index is 907. The number of piperazine rings is 1. The second kappa shape index (κ2) is 10.3. The van der Waals surface area contributed by atoms with Crippen molar-refractivity contribution in [2.45, 2.75) is 45.8 Å². The first-order valence-electron chi connectivity index (χ1n) is 12.5. The molecule has 0 radical (unpaired) electrons. The molecule has 2 aromatic rings. The van der Waals surface area contributed by atoms with E-state index in [0.717, 1.165) is 84.4 Å². The third-order valence-electron chi connectivity index (χ3n) is 7.44.